The molecule has 0 aromatic heterocycles. The molecule has 0 aliphatic rings. The zero-order valence-electron chi connectivity index (χ0n) is 14.5. The Morgan fingerprint density at radius 3 is 1.55 bits per heavy atom. The first-order chi connectivity index (χ1) is 9.23. The second-order valence-electron chi connectivity index (χ2n) is 6.91. The van der Waals surface area contributed by atoms with Gasteiger partial charge in [-0.3, -0.25) is 0 Å². The van der Waals surface area contributed by atoms with Crippen molar-refractivity contribution in [1.82, 2.24) is 0 Å². The van der Waals surface area contributed by atoms with Gasteiger partial charge in [-0.1, -0.05) is 65.7 Å². The largest absolute Gasteiger partial charge is 0.146 e. The fourth-order valence-corrected chi connectivity index (χ4v) is 8.82. The quantitative estimate of drug-likeness (QED) is 0.481. The Balaban J connectivity index is 3.39. The molecular formula is C19H30Si. The molecule has 0 atom stereocenters. The van der Waals surface area contributed by atoms with Gasteiger partial charge in [0.05, 0.1) is 0 Å². The summed E-state index contributed by atoms with van der Waals surface area (Å²) < 4.78 is 0. The molecule has 0 amide bonds. The molecule has 0 heterocycles. The molecule has 0 unspecified atom stereocenters. The minimum absolute atomic E-state index is 0.694. The second-order valence-corrected chi connectivity index (χ2v) is 12.5. The molecule has 0 nitrogen and oxygen atoms in total. The Bertz CT molecular complexity index is 470. The van der Waals surface area contributed by atoms with E-state index >= 15 is 0 Å². The fraction of sp³-hybridized carbons (Fsp3) is 0.579. The molecule has 0 N–H and O–H groups in total. The van der Waals surface area contributed by atoms with Gasteiger partial charge in [-0.2, -0.15) is 0 Å². The third-order valence-corrected chi connectivity index (χ3v) is 11.0. The molecule has 110 valence electrons. The van der Waals surface area contributed by atoms with Crippen LogP contribution >= 0.6 is 0 Å². The molecule has 1 aromatic rings. The Hall–Kier alpha value is -1.00. The predicted molar refractivity (Wildman–Crippen MR) is 93.8 cm³/mol. The molecule has 1 heteroatoms. The lowest BCUT2D eigenvalue weighted by Crippen LogP contribution is -2.43. The number of benzene rings is 1. The summed E-state index contributed by atoms with van der Waals surface area (Å²) in [7, 11) is -1.62. The highest BCUT2D eigenvalue weighted by Gasteiger charge is 2.41. The van der Waals surface area contributed by atoms with Crippen LogP contribution in [0.2, 0.25) is 16.6 Å². The van der Waals surface area contributed by atoms with Crippen LogP contribution in [0.15, 0.2) is 18.2 Å². The molecule has 0 aliphatic heterocycles. The van der Waals surface area contributed by atoms with Gasteiger partial charge in [0.25, 0.3) is 0 Å². The summed E-state index contributed by atoms with van der Waals surface area (Å²) in [6.07, 6.45) is 0. The van der Waals surface area contributed by atoms with Crippen molar-refractivity contribution < 1.29 is 0 Å². The predicted octanol–water partition coefficient (Wildman–Crippen LogP) is 5.87. The van der Waals surface area contributed by atoms with E-state index in [2.05, 4.69) is 85.1 Å². The van der Waals surface area contributed by atoms with E-state index in [1.54, 1.807) is 0 Å². The van der Waals surface area contributed by atoms with E-state index in [-0.39, 0.29) is 0 Å². The van der Waals surface area contributed by atoms with Crippen LogP contribution < -0.4 is 0 Å². The highest BCUT2D eigenvalue weighted by Crippen LogP contribution is 2.40. The van der Waals surface area contributed by atoms with Crippen LogP contribution in [0.1, 0.15) is 58.2 Å². The van der Waals surface area contributed by atoms with E-state index in [1.165, 1.54) is 16.7 Å². The molecular weight excluding hydrogens is 256 g/mol. The van der Waals surface area contributed by atoms with Crippen molar-refractivity contribution in [2.45, 2.75) is 72.0 Å². The number of hydrogen-bond acceptors (Lipinski definition) is 0. The van der Waals surface area contributed by atoms with Crippen molar-refractivity contribution in [1.29, 1.82) is 0 Å². The van der Waals surface area contributed by atoms with E-state index in [0.29, 0.717) is 16.6 Å². The lowest BCUT2D eigenvalue weighted by atomic mass is 10.0. The van der Waals surface area contributed by atoms with E-state index in [4.69, 9.17) is 0 Å². The van der Waals surface area contributed by atoms with Gasteiger partial charge in [-0.05, 0) is 41.6 Å². The van der Waals surface area contributed by atoms with Crippen LogP contribution in [0, 0.1) is 25.3 Å². The van der Waals surface area contributed by atoms with Crippen molar-refractivity contribution in [3.63, 3.8) is 0 Å². The van der Waals surface area contributed by atoms with E-state index in [1.807, 2.05) is 0 Å². The minimum atomic E-state index is -1.62. The Morgan fingerprint density at radius 1 is 0.800 bits per heavy atom. The third-order valence-electron chi connectivity index (χ3n) is 4.75. The van der Waals surface area contributed by atoms with Crippen LogP contribution in [0.5, 0.6) is 0 Å². The van der Waals surface area contributed by atoms with Gasteiger partial charge in [0, 0.05) is 5.56 Å². The average molecular weight is 287 g/mol. The lowest BCUT2D eigenvalue weighted by molar-refractivity contribution is 0.838. The van der Waals surface area contributed by atoms with Gasteiger partial charge in [-0.15, -0.1) is 5.54 Å². The molecule has 0 aliphatic carbocycles. The standard InChI is InChI=1S/C19H30Si/c1-14(2)20(15(3)4,16(5)6)13-12-19-17(7)10-9-11-18(19)8/h9-11,14-16H,1-8H3. The van der Waals surface area contributed by atoms with Crippen molar-refractivity contribution in [3.8, 4) is 11.5 Å². The van der Waals surface area contributed by atoms with Gasteiger partial charge in [-0.25, -0.2) is 0 Å². The number of aryl methyl sites for hydroxylation is 2. The molecule has 1 rings (SSSR count). The molecule has 0 bridgehead atoms. The van der Waals surface area contributed by atoms with Crippen molar-refractivity contribution in [3.05, 3.63) is 34.9 Å². The van der Waals surface area contributed by atoms with Crippen LogP contribution in [-0.4, -0.2) is 8.07 Å². The minimum Gasteiger partial charge on any atom is -0.125 e. The fourth-order valence-electron chi connectivity index (χ4n) is 3.62. The van der Waals surface area contributed by atoms with Crippen LogP contribution in [0.3, 0.4) is 0 Å². The zero-order valence-corrected chi connectivity index (χ0v) is 15.5. The van der Waals surface area contributed by atoms with Crippen LogP contribution in [-0.2, 0) is 0 Å². The molecule has 0 saturated carbocycles. The summed E-state index contributed by atoms with van der Waals surface area (Å²) in [6, 6.07) is 6.45. The van der Waals surface area contributed by atoms with Crippen molar-refractivity contribution >= 4 is 8.07 Å². The molecule has 0 radical (unpaired) electrons. The molecule has 1 aromatic carbocycles. The van der Waals surface area contributed by atoms with Crippen LogP contribution in [0.4, 0.5) is 0 Å². The van der Waals surface area contributed by atoms with Gasteiger partial charge in [0.2, 0.25) is 0 Å². The Kier molecular flexibility index (Phi) is 5.65. The highest BCUT2D eigenvalue weighted by atomic mass is 28.3. The average Bonchev–Trinajstić information content (AvgIpc) is 2.31. The topological polar surface area (TPSA) is 0 Å². The highest BCUT2D eigenvalue weighted by molar-refractivity contribution is 6.90. The number of rotatable bonds is 3. The third kappa shape index (κ3) is 3.18. The van der Waals surface area contributed by atoms with Gasteiger partial charge >= 0.3 is 0 Å². The first-order valence-corrected chi connectivity index (χ1v) is 10.1. The lowest BCUT2D eigenvalue weighted by Gasteiger charge is -2.38. The maximum absolute atomic E-state index is 3.82. The van der Waals surface area contributed by atoms with Gasteiger partial charge < -0.3 is 0 Å². The van der Waals surface area contributed by atoms with Gasteiger partial charge in [0.15, 0.2) is 0 Å². The Morgan fingerprint density at radius 2 is 1.20 bits per heavy atom. The molecule has 0 saturated heterocycles. The smallest absolute Gasteiger partial charge is 0.125 e. The Labute approximate surface area is 127 Å². The number of hydrogen-bond donors (Lipinski definition) is 0. The summed E-state index contributed by atoms with van der Waals surface area (Å²) >= 11 is 0. The van der Waals surface area contributed by atoms with E-state index in [9.17, 15) is 0 Å². The first kappa shape index (κ1) is 17.0. The van der Waals surface area contributed by atoms with Gasteiger partial charge in [0.1, 0.15) is 8.07 Å². The maximum Gasteiger partial charge on any atom is 0.146 e. The van der Waals surface area contributed by atoms with E-state index in [0.717, 1.165) is 0 Å². The molecule has 20 heavy (non-hydrogen) atoms. The maximum atomic E-state index is 3.82. The zero-order chi connectivity index (χ0) is 15.5. The SMILES string of the molecule is Cc1cccc(C)c1C#C[Si](C(C)C)(C(C)C)C(C)C. The summed E-state index contributed by atoms with van der Waals surface area (Å²) in [4.78, 5) is 0. The molecule has 0 spiro atoms. The first-order valence-electron chi connectivity index (χ1n) is 7.82. The summed E-state index contributed by atoms with van der Waals surface area (Å²) in [5.41, 5.74) is 9.75. The second kappa shape index (κ2) is 6.63. The van der Waals surface area contributed by atoms with Crippen molar-refractivity contribution in [2.24, 2.45) is 0 Å². The summed E-state index contributed by atoms with van der Waals surface area (Å²) in [6.45, 7) is 18.5. The normalized spacial score (nSPS) is 11.9. The summed E-state index contributed by atoms with van der Waals surface area (Å²) in [5.74, 6) is 3.58. The summed E-state index contributed by atoms with van der Waals surface area (Å²) in [5, 5.41) is 0. The monoisotopic (exact) mass is 286 g/mol. The molecule has 0 fully saturated rings. The van der Waals surface area contributed by atoms with Crippen molar-refractivity contribution in [2.75, 3.05) is 0 Å². The van der Waals surface area contributed by atoms with Crippen LogP contribution in [0.25, 0.3) is 0 Å². The van der Waals surface area contributed by atoms with E-state index < -0.39 is 8.07 Å².